The number of benzene rings is 1. The number of aromatic nitrogens is 5. The number of carbonyl (C=O) groups is 1. The Morgan fingerprint density at radius 3 is 2.83 bits per heavy atom. The van der Waals surface area contributed by atoms with Gasteiger partial charge in [0.25, 0.3) is 0 Å². The summed E-state index contributed by atoms with van der Waals surface area (Å²) >= 11 is 1.64. The molecule has 1 aliphatic rings. The molecule has 11 heteroatoms. The van der Waals surface area contributed by atoms with Gasteiger partial charge in [0.05, 0.1) is 18.1 Å². The molecule has 42 heavy (non-hydrogen) atoms. The predicted octanol–water partition coefficient (Wildman–Crippen LogP) is 5.75. The normalized spacial score (nSPS) is 13.8. The minimum atomic E-state index is 0.0452. The average Bonchev–Trinajstić information content (AvgIpc) is 3.58. The number of likely N-dealkylation sites (N-methyl/N-ethyl adjacent to an activating group) is 1. The highest BCUT2D eigenvalue weighted by Gasteiger charge is 2.26. The van der Waals surface area contributed by atoms with Crippen molar-refractivity contribution in [2.24, 2.45) is 0 Å². The number of pyridine rings is 1. The maximum Gasteiger partial charge on any atom is 0.246 e. The number of thiophene rings is 1. The third-order valence-corrected chi connectivity index (χ3v) is 8.77. The number of aryl methyl sites for hydroxylation is 1. The molecule has 5 aromatic rings. The monoisotopic (exact) mass is 582 g/mol. The molecule has 0 radical (unpaired) electrons. The van der Waals surface area contributed by atoms with Gasteiger partial charge in [0, 0.05) is 35.3 Å². The summed E-state index contributed by atoms with van der Waals surface area (Å²) in [5, 5.41) is 8.71. The Hall–Kier alpha value is -4.35. The van der Waals surface area contributed by atoms with E-state index in [1.807, 2.05) is 54.4 Å². The third kappa shape index (κ3) is 5.70. The van der Waals surface area contributed by atoms with Gasteiger partial charge < -0.3 is 15.0 Å². The Balaban J connectivity index is 1.16. The fraction of sp³-hybridized carbons (Fsp3) is 0.323. The van der Waals surface area contributed by atoms with E-state index in [1.54, 1.807) is 28.3 Å². The van der Waals surface area contributed by atoms with Crippen LogP contribution in [0.3, 0.4) is 0 Å². The molecule has 1 aromatic carbocycles. The van der Waals surface area contributed by atoms with Crippen LogP contribution in [0.1, 0.15) is 36.8 Å². The molecule has 1 aliphatic heterocycles. The van der Waals surface area contributed by atoms with Crippen LogP contribution >= 0.6 is 11.3 Å². The summed E-state index contributed by atoms with van der Waals surface area (Å²) in [6, 6.07) is 9.71. The topological polar surface area (TPSA) is 101 Å². The lowest BCUT2D eigenvalue weighted by Gasteiger charge is -2.31. The summed E-state index contributed by atoms with van der Waals surface area (Å²) in [4.78, 5) is 32.5. The fourth-order valence-corrected chi connectivity index (χ4v) is 6.07. The first-order chi connectivity index (χ1) is 20.2. The minimum Gasteiger partial charge on any atom is -0.455 e. The summed E-state index contributed by atoms with van der Waals surface area (Å²) in [5.74, 6) is 2.25. The standard InChI is InChI=1S/C31H34N8O2S/c1-20-15-21(8-10-24(20)41-22-9-11-26-32-19-35-39(26)16-22)36-29-28-23-12-14-38(17-25(23)42-30(28)34-18-33-29)27(40)7-6-13-37(5)31(2,3)4/h6-11,15-16,18-19H,12-14,17H2,1-5H3,(H,33,34,36)/b7-6+. The zero-order chi connectivity index (χ0) is 29.4. The number of anilines is 2. The van der Waals surface area contributed by atoms with Gasteiger partial charge >= 0.3 is 0 Å². The maximum atomic E-state index is 13.0. The van der Waals surface area contributed by atoms with Gasteiger partial charge in [-0.05, 0) is 82.6 Å². The van der Waals surface area contributed by atoms with Crippen molar-refractivity contribution in [2.45, 2.75) is 46.2 Å². The van der Waals surface area contributed by atoms with Crippen molar-refractivity contribution in [3.05, 3.63) is 77.3 Å². The molecule has 0 saturated carbocycles. The lowest BCUT2D eigenvalue weighted by Crippen LogP contribution is -2.38. The van der Waals surface area contributed by atoms with Crippen LogP contribution in [-0.4, -0.2) is 65.9 Å². The Labute approximate surface area is 248 Å². The van der Waals surface area contributed by atoms with Crippen LogP contribution in [0, 0.1) is 6.92 Å². The van der Waals surface area contributed by atoms with Crippen molar-refractivity contribution in [2.75, 3.05) is 25.5 Å². The highest BCUT2D eigenvalue weighted by atomic mass is 32.1. The third-order valence-electron chi connectivity index (χ3n) is 7.65. The maximum absolute atomic E-state index is 13.0. The zero-order valence-corrected chi connectivity index (χ0v) is 25.3. The molecule has 216 valence electrons. The Morgan fingerprint density at radius 2 is 2.02 bits per heavy atom. The average molecular weight is 583 g/mol. The summed E-state index contributed by atoms with van der Waals surface area (Å²) in [5.41, 5.74) is 3.93. The van der Waals surface area contributed by atoms with E-state index in [1.165, 1.54) is 11.9 Å². The second-order valence-corrected chi connectivity index (χ2v) is 12.6. The minimum absolute atomic E-state index is 0.0452. The second kappa shape index (κ2) is 11.1. The van der Waals surface area contributed by atoms with Gasteiger partial charge in [0.15, 0.2) is 5.65 Å². The lowest BCUT2D eigenvalue weighted by molar-refractivity contribution is -0.126. The molecule has 1 N–H and O–H groups in total. The van der Waals surface area contributed by atoms with Crippen molar-refractivity contribution in [1.29, 1.82) is 0 Å². The quantitative estimate of drug-likeness (QED) is 0.242. The molecule has 10 nitrogen and oxygen atoms in total. The van der Waals surface area contributed by atoms with Crippen LogP contribution in [0.2, 0.25) is 0 Å². The molecule has 5 heterocycles. The number of nitrogens with zero attached hydrogens (tertiary/aromatic N) is 7. The molecule has 0 fully saturated rings. The fourth-order valence-electron chi connectivity index (χ4n) is 4.87. The largest absolute Gasteiger partial charge is 0.455 e. The van der Waals surface area contributed by atoms with Crippen LogP contribution in [0.25, 0.3) is 15.9 Å². The second-order valence-electron chi connectivity index (χ2n) is 11.5. The van der Waals surface area contributed by atoms with Crippen molar-refractivity contribution >= 4 is 44.6 Å². The number of hydrogen-bond acceptors (Lipinski definition) is 9. The van der Waals surface area contributed by atoms with E-state index in [9.17, 15) is 4.79 Å². The van der Waals surface area contributed by atoms with E-state index < -0.39 is 0 Å². The first-order valence-corrected chi connectivity index (χ1v) is 14.7. The van der Waals surface area contributed by atoms with Gasteiger partial charge in [-0.2, -0.15) is 5.10 Å². The Morgan fingerprint density at radius 1 is 1.17 bits per heavy atom. The number of ether oxygens (including phenoxy) is 1. The van der Waals surface area contributed by atoms with Crippen LogP contribution in [-0.2, 0) is 17.8 Å². The van der Waals surface area contributed by atoms with Gasteiger partial charge in [0.1, 0.15) is 34.8 Å². The van der Waals surface area contributed by atoms with Crippen LogP contribution in [0.15, 0.2) is 61.3 Å². The van der Waals surface area contributed by atoms with E-state index in [0.29, 0.717) is 18.8 Å². The molecule has 0 spiro atoms. The molecule has 0 saturated heterocycles. The number of amides is 1. The molecule has 0 bridgehead atoms. The van der Waals surface area contributed by atoms with Crippen LogP contribution < -0.4 is 10.1 Å². The lowest BCUT2D eigenvalue weighted by atomic mass is 10.0. The van der Waals surface area contributed by atoms with E-state index >= 15 is 0 Å². The SMILES string of the molecule is Cc1cc(Nc2ncnc3sc4c(c23)CCN(C(=O)/C=C/CN(C)C(C)(C)C)C4)ccc1Oc1ccc2ncnn2c1. The number of nitrogens with one attached hydrogen (secondary N) is 1. The molecule has 0 atom stereocenters. The Kier molecular flexibility index (Phi) is 7.38. The summed E-state index contributed by atoms with van der Waals surface area (Å²) in [6.07, 6.45) is 9.34. The molecule has 4 aromatic heterocycles. The molecule has 0 aliphatic carbocycles. The first kappa shape index (κ1) is 27.8. The molecule has 6 rings (SSSR count). The highest BCUT2D eigenvalue weighted by Crippen LogP contribution is 2.38. The molecular formula is C31H34N8O2S. The van der Waals surface area contributed by atoms with Crippen LogP contribution in [0.4, 0.5) is 11.5 Å². The van der Waals surface area contributed by atoms with E-state index in [-0.39, 0.29) is 11.4 Å². The summed E-state index contributed by atoms with van der Waals surface area (Å²) < 4.78 is 7.81. The summed E-state index contributed by atoms with van der Waals surface area (Å²) in [7, 11) is 2.07. The van der Waals surface area contributed by atoms with E-state index in [4.69, 9.17) is 4.74 Å². The molecule has 0 unspecified atom stereocenters. The number of hydrogen-bond donors (Lipinski definition) is 1. The first-order valence-electron chi connectivity index (χ1n) is 13.9. The smallest absolute Gasteiger partial charge is 0.246 e. The zero-order valence-electron chi connectivity index (χ0n) is 24.5. The van der Waals surface area contributed by atoms with Crippen LogP contribution in [0.5, 0.6) is 11.5 Å². The van der Waals surface area contributed by atoms with Crippen molar-refractivity contribution in [1.82, 2.24) is 34.4 Å². The van der Waals surface area contributed by atoms with Gasteiger partial charge in [-0.15, -0.1) is 11.3 Å². The van der Waals surface area contributed by atoms with Gasteiger partial charge in [-0.1, -0.05) is 6.08 Å². The number of rotatable bonds is 7. The molecular weight excluding hydrogens is 548 g/mol. The van der Waals surface area contributed by atoms with Crippen molar-refractivity contribution in [3.63, 3.8) is 0 Å². The number of fused-ring (bicyclic) bond motifs is 4. The predicted molar refractivity (Wildman–Crippen MR) is 166 cm³/mol. The Bertz CT molecular complexity index is 1800. The van der Waals surface area contributed by atoms with Crippen molar-refractivity contribution in [3.8, 4) is 11.5 Å². The van der Waals surface area contributed by atoms with E-state index in [2.05, 4.69) is 58.1 Å². The number of carbonyl (C=O) groups excluding carboxylic acids is 1. The highest BCUT2D eigenvalue weighted by molar-refractivity contribution is 7.19. The van der Waals surface area contributed by atoms with Gasteiger partial charge in [-0.25, -0.2) is 19.5 Å². The summed E-state index contributed by atoms with van der Waals surface area (Å²) in [6.45, 7) is 10.5. The van der Waals surface area contributed by atoms with Gasteiger partial charge in [0.2, 0.25) is 5.91 Å². The molecule has 1 amide bonds. The van der Waals surface area contributed by atoms with Crippen molar-refractivity contribution < 1.29 is 9.53 Å². The van der Waals surface area contributed by atoms with Gasteiger partial charge in [-0.3, -0.25) is 9.69 Å². The van der Waals surface area contributed by atoms with E-state index in [0.717, 1.165) is 56.5 Å².